The van der Waals surface area contributed by atoms with Gasteiger partial charge < -0.3 is 14.4 Å². The second kappa shape index (κ2) is 8.64. The summed E-state index contributed by atoms with van der Waals surface area (Å²) in [6.45, 7) is 0. The van der Waals surface area contributed by atoms with E-state index < -0.39 is 5.91 Å². The second-order valence-corrected chi connectivity index (χ2v) is 3.62. The van der Waals surface area contributed by atoms with Gasteiger partial charge in [-0.25, -0.2) is 0 Å². The average Bonchev–Trinajstić information content (AvgIpc) is 2.45. The molecule has 0 saturated carbocycles. The van der Waals surface area contributed by atoms with Gasteiger partial charge in [-0.3, -0.25) is 4.98 Å². The van der Waals surface area contributed by atoms with Gasteiger partial charge in [0.2, 0.25) is 0 Å². The zero-order chi connectivity index (χ0) is 12.6. The van der Waals surface area contributed by atoms with Gasteiger partial charge in [-0.05, 0) is 36.5 Å². The summed E-state index contributed by atoms with van der Waals surface area (Å²) in [6, 6.07) is 13.9. The molecule has 5 nitrogen and oxygen atoms in total. The Morgan fingerprint density at radius 3 is 2.53 bits per heavy atom. The standard InChI is InChI=1S/C12H10N2O3S.Rh/c15-12(11-8-4-5-9-13-11)14-18-17-16-10-6-2-1-3-7-10;/h1-9H,(H,14,15);/p-1. The van der Waals surface area contributed by atoms with Crippen molar-refractivity contribution in [2.24, 2.45) is 0 Å². The molecular formula is C12H9N2O3RhS-. The molecule has 2 rings (SSSR count). The van der Waals surface area contributed by atoms with Crippen LogP contribution in [-0.4, -0.2) is 10.9 Å². The molecule has 1 aromatic carbocycles. The number of pyridine rings is 1. The topological polar surface area (TPSA) is 62.5 Å². The summed E-state index contributed by atoms with van der Waals surface area (Å²) in [5, 5.41) is 0. The van der Waals surface area contributed by atoms with Crippen molar-refractivity contribution in [3.63, 3.8) is 0 Å². The third-order valence-corrected chi connectivity index (χ3v) is 2.28. The molecule has 0 aliphatic rings. The van der Waals surface area contributed by atoms with Crippen LogP contribution in [0.25, 0.3) is 4.72 Å². The van der Waals surface area contributed by atoms with Gasteiger partial charge in [0.25, 0.3) is 0 Å². The quantitative estimate of drug-likeness (QED) is 0.204. The van der Waals surface area contributed by atoms with Gasteiger partial charge in [0.1, 0.15) is 5.91 Å². The van der Waals surface area contributed by atoms with E-state index >= 15 is 0 Å². The molecule has 0 aliphatic carbocycles. The van der Waals surface area contributed by atoms with E-state index in [0.717, 1.165) is 0 Å². The van der Waals surface area contributed by atoms with Gasteiger partial charge >= 0.3 is 0 Å². The number of rotatable bonds is 5. The van der Waals surface area contributed by atoms with Crippen LogP contribution in [0.15, 0.2) is 54.7 Å². The Bertz CT molecular complexity index is 499. The second-order valence-electron chi connectivity index (χ2n) is 3.15. The maximum absolute atomic E-state index is 11.5. The van der Waals surface area contributed by atoms with Gasteiger partial charge in [0.05, 0.1) is 5.69 Å². The van der Waals surface area contributed by atoms with Crippen LogP contribution in [0.1, 0.15) is 10.5 Å². The first-order valence-electron chi connectivity index (χ1n) is 5.08. The monoisotopic (exact) mass is 364 g/mol. The number of nitrogens with zero attached hydrogens (tertiary/aromatic N) is 2. The molecule has 1 radical (unpaired) electrons. The molecule has 0 aliphatic heterocycles. The van der Waals surface area contributed by atoms with Crippen molar-refractivity contribution in [1.29, 1.82) is 0 Å². The summed E-state index contributed by atoms with van der Waals surface area (Å²) in [6.07, 6.45) is 1.52. The molecule has 2 aromatic rings. The van der Waals surface area contributed by atoms with Crippen molar-refractivity contribution in [2.75, 3.05) is 0 Å². The Kier molecular flexibility index (Phi) is 7.10. The Balaban J connectivity index is 0.00000180. The largest absolute Gasteiger partial charge is 0.567 e. The van der Waals surface area contributed by atoms with Crippen LogP contribution in [-0.2, 0) is 23.8 Å². The molecule has 0 fully saturated rings. The van der Waals surface area contributed by atoms with E-state index in [0.29, 0.717) is 18.0 Å². The molecule has 1 aromatic heterocycles. The summed E-state index contributed by atoms with van der Waals surface area (Å²) in [5.74, 6) is 0.0581. The SMILES string of the molecule is O=C([N-]SOOc1ccccc1)c1ccccn1.[Rh]. The molecule has 19 heavy (non-hydrogen) atoms. The zero-order valence-electron chi connectivity index (χ0n) is 9.56. The zero-order valence-corrected chi connectivity index (χ0v) is 12.0. The molecular weight excluding hydrogens is 355 g/mol. The number of aromatic nitrogens is 1. The van der Waals surface area contributed by atoms with E-state index in [4.69, 9.17) is 9.22 Å². The maximum Gasteiger partial charge on any atom is 0.166 e. The van der Waals surface area contributed by atoms with Crippen LogP contribution in [0, 0.1) is 0 Å². The van der Waals surface area contributed by atoms with Gasteiger partial charge in [0.15, 0.2) is 5.75 Å². The summed E-state index contributed by atoms with van der Waals surface area (Å²) >= 11 is 0.564. The first-order chi connectivity index (χ1) is 8.86. The number of carbonyl (C=O) groups is 1. The molecule has 0 atom stereocenters. The van der Waals surface area contributed by atoms with Gasteiger partial charge in [-0.15, -0.1) is 4.33 Å². The van der Waals surface area contributed by atoms with Crippen molar-refractivity contribution in [1.82, 2.24) is 4.98 Å². The molecule has 0 bridgehead atoms. The number of benzene rings is 1. The Morgan fingerprint density at radius 2 is 1.84 bits per heavy atom. The Hall–Kier alpha value is -1.43. The first kappa shape index (κ1) is 15.6. The van der Waals surface area contributed by atoms with Crippen molar-refractivity contribution >= 4 is 18.1 Å². The van der Waals surface area contributed by atoms with Crippen LogP contribution in [0.2, 0.25) is 0 Å². The van der Waals surface area contributed by atoms with Crippen molar-refractivity contribution < 1.29 is 33.5 Å². The van der Waals surface area contributed by atoms with E-state index in [1.54, 1.807) is 42.5 Å². The van der Waals surface area contributed by atoms with Crippen LogP contribution < -0.4 is 4.89 Å². The number of hydrogen-bond donors (Lipinski definition) is 0. The van der Waals surface area contributed by atoms with E-state index in [2.05, 4.69) is 9.71 Å². The Labute approximate surface area is 127 Å². The fraction of sp³-hybridized carbons (Fsp3) is 0. The van der Waals surface area contributed by atoms with Gasteiger partial charge in [0, 0.05) is 25.7 Å². The minimum Gasteiger partial charge on any atom is -0.567 e. The van der Waals surface area contributed by atoms with E-state index in [1.165, 1.54) is 6.20 Å². The number of carbonyl (C=O) groups excluding carboxylic acids is 1. The minimum absolute atomic E-state index is 0. The molecule has 1 amide bonds. The van der Waals surface area contributed by atoms with Crippen LogP contribution in [0.5, 0.6) is 5.75 Å². The molecule has 0 N–H and O–H groups in total. The molecule has 1 heterocycles. The minimum atomic E-state index is -0.475. The molecule has 0 spiro atoms. The Morgan fingerprint density at radius 1 is 1.11 bits per heavy atom. The number of para-hydroxylation sites is 1. The predicted molar refractivity (Wildman–Crippen MR) is 67.7 cm³/mol. The third-order valence-electron chi connectivity index (χ3n) is 1.91. The molecule has 0 saturated heterocycles. The molecule has 0 unspecified atom stereocenters. The maximum atomic E-state index is 11.5. The van der Waals surface area contributed by atoms with Gasteiger partial charge in [-0.1, -0.05) is 24.3 Å². The van der Waals surface area contributed by atoms with Crippen LogP contribution >= 0.6 is 12.2 Å². The van der Waals surface area contributed by atoms with E-state index in [1.807, 2.05) is 6.07 Å². The normalized spacial score (nSPS) is 9.26. The first-order valence-corrected chi connectivity index (χ1v) is 5.78. The smallest absolute Gasteiger partial charge is 0.166 e. The average molecular weight is 364 g/mol. The fourth-order valence-electron chi connectivity index (χ4n) is 1.12. The number of amides is 1. The van der Waals surface area contributed by atoms with E-state index in [9.17, 15) is 4.79 Å². The summed E-state index contributed by atoms with van der Waals surface area (Å²) in [5.41, 5.74) is 0.258. The fourth-order valence-corrected chi connectivity index (χ4v) is 1.42. The predicted octanol–water partition coefficient (Wildman–Crippen LogP) is 3.17. The molecule has 7 heteroatoms. The number of hydrogen-bond acceptors (Lipinski definition) is 5. The van der Waals surface area contributed by atoms with Crippen LogP contribution in [0.4, 0.5) is 0 Å². The van der Waals surface area contributed by atoms with Crippen molar-refractivity contribution in [2.45, 2.75) is 0 Å². The molecule has 101 valence electrons. The third kappa shape index (κ3) is 5.38. The summed E-state index contributed by atoms with van der Waals surface area (Å²) in [7, 11) is 0. The van der Waals surface area contributed by atoms with Crippen molar-refractivity contribution in [3.8, 4) is 5.75 Å². The van der Waals surface area contributed by atoms with E-state index in [-0.39, 0.29) is 25.2 Å². The summed E-state index contributed by atoms with van der Waals surface area (Å²) in [4.78, 5) is 20.2. The van der Waals surface area contributed by atoms with Gasteiger partial charge in [-0.2, -0.15) is 0 Å². The summed E-state index contributed by atoms with van der Waals surface area (Å²) < 4.78 is 8.29. The van der Waals surface area contributed by atoms with Crippen LogP contribution in [0.3, 0.4) is 0 Å². The van der Waals surface area contributed by atoms with Crippen molar-refractivity contribution in [3.05, 3.63) is 65.1 Å².